The van der Waals surface area contributed by atoms with E-state index in [-0.39, 0.29) is 6.04 Å². The van der Waals surface area contributed by atoms with Crippen molar-refractivity contribution in [2.75, 3.05) is 32.8 Å². The van der Waals surface area contributed by atoms with Crippen molar-refractivity contribution in [2.24, 2.45) is 5.73 Å². The van der Waals surface area contributed by atoms with Crippen molar-refractivity contribution in [3.05, 3.63) is 17.8 Å². The summed E-state index contributed by atoms with van der Waals surface area (Å²) in [5.74, 6) is 0.812. The number of morpholine rings is 1. The minimum absolute atomic E-state index is 0.132. The van der Waals surface area contributed by atoms with Gasteiger partial charge in [-0.15, -0.1) is 0 Å². The molecule has 0 radical (unpaired) electrons. The van der Waals surface area contributed by atoms with Crippen molar-refractivity contribution in [3.8, 4) is 0 Å². The van der Waals surface area contributed by atoms with Crippen LogP contribution in [0.1, 0.15) is 18.5 Å². The van der Waals surface area contributed by atoms with Crippen LogP contribution < -0.4 is 5.73 Å². The molecule has 2 rings (SSSR count). The molecule has 1 atom stereocenters. The van der Waals surface area contributed by atoms with E-state index in [0.717, 1.165) is 57.3 Å². The third kappa shape index (κ3) is 4.11. The first-order valence-corrected chi connectivity index (χ1v) is 6.23. The molecule has 0 spiro atoms. The average molecular weight is 239 g/mol. The zero-order valence-corrected chi connectivity index (χ0v) is 10.4. The summed E-state index contributed by atoms with van der Waals surface area (Å²) < 4.78 is 10.7. The van der Waals surface area contributed by atoms with Gasteiger partial charge in [-0.05, 0) is 6.92 Å². The second kappa shape index (κ2) is 6.14. The number of rotatable bonds is 5. The smallest absolute Gasteiger partial charge is 0.195 e. The Bertz CT molecular complexity index is 332. The fraction of sp³-hybridized carbons (Fsp3) is 0.750. The molecular weight excluding hydrogens is 218 g/mol. The first kappa shape index (κ1) is 12.5. The summed E-state index contributed by atoms with van der Waals surface area (Å²) in [5.41, 5.74) is 6.68. The molecule has 0 aliphatic carbocycles. The maximum absolute atomic E-state index is 5.72. The molecule has 2 N–H and O–H groups in total. The Morgan fingerprint density at radius 3 is 2.94 bits per heavy atom. The van der Waals surface area contributed by atoms with Crippen LogP contribution in [0.2, 0.25) is 0 Å². The molecule has 1 unspecified atom stereocenters. The third-order valence-electron chi connectivity index (χ3n) is 2.88. The van der Waals surface area contributed by atoms with Crippen molar-refractivity contribution < 1.29 is 9.15 Å². The van der Waals surface area contributed by atoms with Gasteiger partial charge in [0.1, 0.15) is 6.26 Å². The van der Waals surface area contributed by atoms with E-state index in [1.54, 1.807) is 6.26 Å². The second-order valence-electron chi connectivity index (χ2n) is 4.62. The predicted octanol–water partition coefficient (Wildman–Crippen LogP) is 0.439. The summed E-state index contributed by atoms with van der Waals surface area (Å²) in [6, 6.07) is 0.132. The molecule has 0 aromatic carbocycles. The summed E-state index contributed by atoms with van der Waals surface area (Å²) in [6.45, 7) is 6.65. The Balaban J connectivity index is 1.76. The summed E-state index contributed by atoms with van der Waals surface area (Å²) in [5, 5.41) is 0. The molecule has 96 valence electrons. The first-order valence-electron chi connectivity index (χ1n) is 6.23. The van der Waals surface area contributed by atoms with Gasteiger partial charge in [-0.3, -0.25) is 4.90 Å². The zero-order chi connectivity index (χ0) is 12.1. The molecule has 5 heteroatoms. The number of hydrogen-bond donors (Lipinski definition) is 1. The lowest BCUT2D eigenvalue weighted by molar-refractivity contribution is 0.0377. The molecule has 1 aromatic heterocycles. The van der Waals surface area contributed by atoms with Gasteiger partial charge in [-0.2, -0.15) is 0 Å². The first-order chi connectivity index (χ1) is 8.24. The third-order valence-corrected chi connectivity index (χ3v) is 2.88. The molecule has 1 saturated heterocycles. The molecule has 0 bridgehead atoms. The van der Waals surface area contributed by atoms with E-state index >= 15 is 0 Å². The Hall–Kier alpha value is -0.910. The van der Waals surface area contributed by atoms with Crippen LogP contribution in [0.5, 0.6) is 0 Å². The molecule has 1 aliphatic heterocycles. The molecule has 0 saturated carbocycles. The highest BCUT2D eigenvalue weighted by molar-refractivity contribution is 4.98. The normalized spacial score (nSPS) is 19.4. The van der Waals surface area contributed by atoms with Crippen LogP contribution in [0.4, 0.5) is 0 Å². The highest BCUT2D eigenvalue weighted by Crippen LogP contribution is 2.06. The van der Waals surface area contributed by atoms with Gasteiger partial charge in [0.2, 0.25) is 0 Å². The van der Waals surface area contributed by atoms with E-state index in [0.29, 0.717) is 0 Å². The Morgan fingerprint density at radius 2 is 2.24 bits per heavy atom. The number of aromatic nitrogens is 1. The van der Waals surface area contributed by atoms with E-state index in [4.69, 9.17) is 14.9 Å². The molecule has 17 heavy (non-hydrogen) atoms. The molecule has 2 heterocycles. The Morgan fingerprint density at radius 1 is 1.47 bits per heavy atom. The van der Waals surface area contributed by atoms with Crippen molar-refractivity contribution in [2.45, 2.75) is 25.8 Å². The summed E-state index contributed by atoms with van der Waals surface area (Å²) in [4.78, 5) is 6.80. The van der Waals surface area contributed by atoms with Gasteiger partial charge in [0.05, 0.1) is 18.9 Å². The average Bonchev–Trinajstić information content (AvgIpc) is 2.75. The number of nitrogens with two attached hydrogens (primary N) is 1. The van der Waals surface area contributed by atoms with Gasteiger partial charge in [0.25, 0.3) is 0 Å². The minimum atomic E-state index is 0.132. The van der Waals surface area contributed by atoms with E-state index in [9.17, 15) is 0 Å². The maximum atomic E-state index is 5.72. The number of nitrogens with zero attached hydrogens (tertiary/aromatic N) is 2. The summed E-state index contributed by atoms with van der Waals surface area (Å²) in [6.07, 6.45) is 3.36. The summed E-state index contributed by atoms with van der Waals surface area (Å²) in [7, 11) is 0. The van der Waals surface area contributed by atoms with Crippen LogP contribution >= 0.6 is 0 Å². The quantitative estimate of drug-likeness (QED) is 0.807. The lowest BCUT2D eigenvalue weighted by Gasteiger charge is -2.25. The van der Waals surface area contributed by atoms with Crippen molar-refractivity contribution in [3.63, 3.8) is 0 Å². The van der Waals surface area contributed by atoms with Gasteiger partial charge in [0.15, 0.2) is 5.89 Å². The van der Waals surface area contributed by atoms with Crippen LogP contribution in [-0.4, -0.2) is 48.8 Å². The van der Waals surface area contributed by atoms with E-state index in [1.807, 2.05) is 6.92 Å². The predicted molar refractivity (Wildman–Crippen MR) is 64.8 cm³/mol. The second-order valence-corrected chi connectivity index (χ2v) is 4.62. The highest BCUT2D eigenvalue weighted by Gasteiger charge is 2.12. The molecule has 1 fully saturated rings. The monoisotopic (exact) mass is 239 g/mol. The maximum Gasteiger partial charge on any atom is 0.195 e. The van der Waals surface area contributed by atoms with Crippen LogP contribution in [0.3, 0.4) is 0 Å². The minimum Gasteiger partial charge on any atom is -0.449 e. The van der Waals surface area contributed by atoms with Crippen LogP contribution in [-0.2, 0) is 17.6 Å². The number of oxazole rings is 1. The fourth-order valence-electron chi connectivity index (χ4n) is 1.97. The van der Waals surface area contributed by atoms with Crippen molar-refractivity contribution >= 4 is 0 Å². The van der Waals surface area contributed by atoms with Gasteiger partial charge in [0, 0.05) is 38.5 Å². The molecule has 0 amide bonds. The van der Waals surface area contributed by atoms with E-state index in [2.05, 4.69) is 9.88 Å². The largest absolute Gasteiger partial charge is 0.449 e. The SMILES string of the molecule is CC(N)Cc1coc(CCN2CCOCC2)n1. The van der Waals surface area contributed by atoms with Crippen molar-refractivity contribution in [1.82, 2.24) is 9.88 Å². The number of ether oxygens (including phenoxy) is 1. The Kier molecular flexibility index (Phi) is 4.53. The van der Waals surface area contributed by atoms with Gasteiger partial charge < -0.3 is 14.9 Å². The van der Waals surface area contributed by atoms with Crippen LogP contribution in [0.15, 0.2) is 10.7 Å². The molecule has 1 aromatic rings. The van der Waals surface area contributed by atoms with E-state index in [1.165, 1.54) is 0 Å². The van der Waals surface area contributed by atoms with Crippen molar-refractivity contribution in [1.29, 1.82) is 0 Å². The standard InChI is InChI=1S/C12H21N3O2/c1-10(13)8-11-9-17-12(14-11)2-3-15-4-6-16-7-5-15/h9-10H,2-8,13H2,1H3. The lowest BCUT2D eigenvalue weighted by Crippen LogP contribution is -2.37. The number of hydrogen-bond acceptors (Lipinski definition) is 5. The summed E-state index contributed by atoms with van der Waals surface area (Å²) >= 11 is 0. The van der Waals surface area contributed by atoms with E-state index < -0.39 is 0 Å². The lowest BCUT2D eigenvalue weighted by atomic mass is 10.2. The fourth-order valence-corrected chi connectivity index (χ4v) is 1.97. The molecular formula is C12H21N3O2. The van der Waals surface area contributed by atoms with Gasteiger partial charge in [-0.25, -0.2) is 4.98 Å². The zero-order valence-electron chi connectivity index (χ0n) is 10.4. The molecule has 1 aliphatic rings. The van der Waals surface area contributed by atoms with Gasteiger partial charge >= 0.3 is 0 Å². The topological polar surface area (TPSA) is 64.5 Å². The van der Waals surface area contributed by atoms with Crippen LogP contribution in [0.25, 0.3) is 0 Å². The Labute approximate surface area is 102 Å². The molecule has 5 nitrogen and oxygen atoms in total. The van der Waals surface area contributed by atoms with Crippen LogP contribution in [0, 0.1) is 0 Å². The van der Waals surface area contributed by atoms with Gasteiger partial charge in [-0.1, -0.05) is 0 Å². The highest BCUT2D eigenvalue weighted by atomic mass is 16.5.